The lowest BCUT2D eigenvalue weighted by Crippen LogP contribution is -2.38. The van der Waals surface area contributed by atoms with Crippen LogP contribution in [-0.4, -0.2) is 51.9 Å². The van der Waals surface area contributed by atoms with E-state index >= 15 is 0 Å². The molecule has 2 fully saturated rings. The van der Waals surface area contributed by atoms with Crippen molar-refractivity contribution in [1.82, 2.24) is 9.47 Å². The third-order valence-corrected chi connectivity index (χ3v) is 7.72. The van der Waals surface area contributed by atoms with Crippen LogP contribution in [0.2, 0.25) is 0 Å². The maximum absolute atomic E-state index is 13.5. The summed E-state index contributed by atoms with van der Waals surface area (Å²) in [4.78, 5) is 43.0. The highest BCUT2D eigenvalue weighted by Crippen LogP contribution is 2.37. The Hall–Kier alpha value is -2.65. The number of amides is 1. The Morgan fingerprint density at radius 1 is 1.21 bits per heavy atom. The van der Waals surface area contributed by atoms with Gasteiger partial charge in [-0.1, -0.05) is 49.1 Å². The van der Waals surface area contributed by atoms with E-state index in [0.717, 1.165) is 23.0 Å². The monoisotopic (exact) mass is 499 g/mol. The lowest BCUT2D eigenvalue weighted by Gasteiger charge is -2.34. The SMILES string of the molecule is CCCN1C(=O)C(=Cc2c(N3CCC(C(=O)OCC)CC3)c3ccccc3n(C)c2=O)SC1=S. The van der Waals surface area contributed by atoms with E-state index in [0.29, 0.717) is 53.9 Å². The predicted molar refractivity (Wildman–Crippen MR) is 141 cm³/mol. The minimum atomic E-state index is -0.165. The van der Waals surface area contributed by atoms with Gasteiger partial charge in [0.15, 0.2) is 0 Å². The topological polar surface area (TPSA) is 71.9 Å². The molecule has 1 aromatic carbocycles. The first kappa shape index (κ1) is 24.5. The van der Waals surface area contributed by atoms with Crippen LogP contribution in [0.4, 0.5) is 5.69 Å². The summed E-state index contributed by atoms with van der Waals surface area (Å²) < 4.78 is 7.36. The average Bonchev–Trinajstić information content (AvgIpc) is 3.10. The Balaban J connectivity index is 1.79. The third kappa shape index (κ3) is 4.51. The second kappa shape index (κ2) is 10.3. The fourth-order valence-corrected chi connectivity index (χ4v) is 5.91. The number of piperidine rings is 1. The Morgan fingerprint density at radius 2 is 1.91 bits per heavy atom. The quantitative estimate of drug-likeness (QED) is 0.339. The van der Waals surface area contributed by atoms with Gasteiger partial charge in [-0.25, -0.2) is 0 Å². The van der Waals surface area contributed by atoms with Crippen LogP contribution in [0.15, 0.2) is 34.0 Å². The molecule has 9 heteroatoms. The van der Waals surface area contributed by atoms with Gasteiger partial charge in [0.1, 0.15) is 4.32 Å². The van der Waals surface area contributed by atoms with Gasteiger partial charge in [-0.3, -0.25) is 19.3 Å². The first-order chi connectivity index (χ1) is 16.4. The molecule has 180 valence electrons. The molecule has 34 heavy (non-hydrogen) atoms. The van der Waals surface area contributed by atoms with Gasteiger partial charge in [-0.15, -0.1) is 0 Å². The highest BCUT2D eigenvalue weighted by Gasteiger charge is 2.33. The van der Waals surface area contributed by atoms with Crippen molar-refractivity contribution in [3.63, 3.8) is 0 Å². The van der Waals surface area contributed by atoms with Gasteiger partial charge in [-0.2, -0.15) is 0 Å². The number of pyridine rings is 1. The van der Waals surface area contributed by atoms with Crippen LogP contribution < -0.4 is 10.5 Å². The van der Waals surface area contributed by atoms with Crippen molar-refractivity contribution in [2.24, 2.45) is 13.0 Å². The summed E-state index contributed by atoms with van der Waals surface area (Å²) in [6.45, 7) is 5.99. The molecule has 0 unspecified atom stereocenters. The molecule has 1 aromatic heterocycles. The van der Waals surface area contributed by atoms with Crippen molar-refractivity contribution >= 4 is 62.8 Å². The molecule has 7 nitrogen and oxygen atoms in total. The molecule has 0 spiro atoms. The zero-order valence-electron chi connectivity index (χ0n) is 19.7. The number of rotatable bonds is 6. The number of esters is 1. The van der Waals surface area contributed by atoms with Crippen molar-refractivity contribution in [3.8, 4) is 0 Å². The van der Waals surface area contributed by atoms with Gasteiger partial charge in [-0.05, 0) is 38.3 Å². The molecule has 0 aliphatic carbocycles. The summed E-state index contributed by atoms with van der Waals surface area (Å²) in [5, 5.41) is 0.939. The van der Waals surface area contributed by atoms with Gasteiger partial charge in [0.2, 0.25) is 0 Å². The molecule has 3 heterocycles. The largest absolute Gasteiger partial charge is 0.466 e. The highest BCUT2D eigenvalue weighted by molar-refractivity contribution is 8.26. The number of hydrogen-bond donors (Lipinski definition) is 0. The number of carbonyl (C=O) groups excluding carboxylic acids is 2. The second-order valence-electron chi connectivity index (χ2n) is 8.49. The highest BCUT2D eigenvalue weighted by atomic mass is 32.2. The van der Waals surface area contributed by atoms with Crippen molar-refractivity contribution in [2.45, 2.75) is 33.1 Å². The second-order valence-corrected chi connectivity index (χ2v) is 10.2. The molecule has 0 N–H and O–H groups in total. The van der Waals surface area contributed by atoms with E-state index in [2.05, 4.69) is 4.90 Å². The predicted octanol–water partition coefficient (Wildman–Crippen LogP) is 3.93. The summed E-state index contributed by atoms with van der Waals surface area (Å²) >= 11 is 6.66. The third-order valence-electron chi connectivity index (χ3n) is 6.34. The molecule has 0 atom stereocenters. The lowest BCUT2D eigenvalue weighted by molar-refractivity contribution is -0.148. The minimum absolute atomic E-state index is 0.136. The first-order valence-corrected chi connectivity index (χ1v) is 12.9. The zero-order valence-corrected chi connectivity index (χ0v) is 21.3. The van der Waals surface area contributed by atoms with Gasteiger partial charge in [0, 0.05) is 32.1 Å². The van der Waals surface area contributed by atoms with Crippen LogP contribution >= 0.6 is 24.0 Å². The van der Waals surface area contributed by atoms with Crippen molar-refractivity contribution in [1.29, 1.82) is 0 Å². The molecule has 2 aliphatic rings. The summed E-state index contributed by atoms with van der Waals surface area (Å²) in [5.74, 6) is -0.447. The van der Waals surface area contributed by atoms with Crippen molar-refractivity contribution in [3.05, 3.63) is 45.1 Å². The number of ether oxygens (including phenoxy) is 1. The molecular formula is C25H29N3O4S2. The van der Waals surface area contributed by atoms with Gasteiger partial charge in [0.05, 0.1) is 34.2 Å². The van der Waals surface area contributed by atoms with E-state index in [4.69, 9.17) is 17.0 Å². The summed E-state index contributed by atoms with van der Waals surface area (Å²) in [7, 11) is 1.75. The maximum Gasteiger partial charge on any atom is 0.309 e. The Bertz CT molecular complexity index is 1230. The molecule has 2 saturated heterocycles. The van der Waals surface area contributed by atoms with E-state index in [-0.39, 0.29) is 23.4 Å². The van der Waals surface area contributed by atoms with E-state index in [1.165, 1.54) is 11.8 Å². The summed E-state index contributed by atoms with van der Waals surface area (Å²) in [6, 6.07) is 7.79. The zero-order chi connectivity index (χ0) is 24.4. The van der Waals surface area contributed by atoms with Crippen molar-refractivity contribution < 1.29 is 14.3 Å². The van der Waals surface area contributed by atoms with Crippen LogP contribution in [0.3, 0.4) is 0 Å². The molecule has 2 aromatic rings. The number of anilines is 1. The number of carbonyl (C=O) groups is 2. The molecule has 4 rings (SSSR count). The van der Waals surface area contributed by atoms with Crippen LogP contribution in [0.5, 0.6) is 0 Å². The van der Waals surface area contributed by atoms with Crippen LogP contribution in [-0.2, 0) is 21.4 Å². The first-order valence-electron chi connectivity index (χ1n) is 11.7. The van der Waals surface area contributed by atoms with Crippen LogP contribution in [0.1, 0.15) is 38.7 Å². The number of nitrogens with zero attached hydrogens (tertiary/aromatic N) is 3. The Kier molecular flexibility index (Phi) is 7.42. The number of thioether (sulfide) groups is 1. The number of aryl methyl sites for hydroxylation is 1. The number of thiocarbonyl (C=S) groups is 1. The molecule has 0 saturated carbocycles. The average molecular weight is 500 g/mol. The number of fused-ring (bicyclic) bond motifs is 1. The number of hydrogen-bond acceptors (Lipinski definition) is 7. The fraction of sp³-hybridized carbons (Fsp3) is 0.440. The van der Waals surface area contributed by atoms with Gasteiger partial charge in [0.25, 0.3) is 11.5 Å². The molecular weight excluding hydrogens is 470 g/mol. The number of para-hydroxylation sites is 1. The molecule has 2 aliphatic heterocycles. The van der Waals surface area contributed by atoms with Crippen LogP contribution in [0, 0.1) is 5.92 Å². The van der Waals surface area contributed by atoms with E-state index in [9.17, 15) is 14.4 Å². The van der Waals surface area contributed by atoms with Crippen LogP contribution in [0.25, 0.3) is 17.0 Å². The molecule has 1 amide bonds. The summed E-state index contributed by atoms with van der Waals surface area (Å²) in [5.41, 5.74) is 1.95. The summed E-state index contributed by atoms with van der Waals surface area (Å²) in [6.07, 6.45) is 3.81. The van der Waals surface area contributed by atoms with E-state index < -0.39 is 0 Å². The smallest absolute Gasteiger partial charge is 0.309 e. The fourth-order valence-electron chi connectivity index (χ4n) is 4.62. The number of aromatic nitrogens is 1. The molecule has 0 bridgehead atoms. The molecule has 0 radical (unpaired) electrons. The minimum Gasteiger partial charge on any atom is -0.466 e. The normalized spacial score (nSPS) is 18.4. The van der Waals surface area contributed by atoms with E-state index in [1.807, 2.05) is 38.1 Å². The maximum atomic E-state index is 13.5. The van der Waals surface area contributed by atoms with Crippen molar-refractivity contribution in [2.75, 3.05) is 31.1 Å². The van der Waals surface area contributed by atoms with E-state index in [1.54, 1.807) is 22.6 Å². The number of benzene rings is 1. The Labute approximate surface area is 208 Å². The Morgan fingerprint density at radius 3 is 2.59 bits per heavy atom. The standard InChI is InChI=1S/C25H29N3O4S2/c1-4-12-28-23(30)20(34-25(28)33)15-18-21(17-8-6-7-9-19(17)26(3)22(18)29)27-13-10-16(11-14-27)24(31)32-5-2/h6-9,15-16H,4-5,10-14H2,1-3H3. The van der Waals surface area contributed by atoms with Gasteiger partial charge >= 0.3 is 5.97 Å². The van der Waals surface area contributed by atoms with Gasteiger partial charge < -0.3 is 14.2 Å². The lowest BCUT2D eigenvalue weighted by atomic mass is 9.95.